The Kier molecular flexibility index (Phi) is 1.90. The van der Waals surface area contributed by atoms with Crippen molar-refractivity contribution in [2.45, 2.75) is 6.10 Å². The third-order valence-electron chi connectivity index (χ3n) is 1.72. The molecule has 1 aromatic carbocycles. The van der Waals surface area contributed by atoms with Gasteiger partial charge >= 0.3 is 0 Å². The van der Waals surface area contributed by atoms with E-state index >= 15 is 0 Å². The van der Waals surface area contributed by atoms with Crippen molar-refractivity contribution < 1.29 is 4.74 Å². The number of hydrogen-bond donors (Lipinski definition) is 0. The van der Waals surface area contributed by atoms with E-state index < -0.39 is 0 Å². The van der Waals surface area contributed by atoms with E-state index in [4.69, 9.17) is 4.74 Å². The fourth-order valence-corrected chi connectivity index (χ4v) is 1.13. The summed E-state index contributed by atoms with van der Waals surface area (Å²) < 4.78 is 5.33. The second kappa shape index (κ2) is 3.22. The van der Waals surface area contributed by atoms with E-state index in [0.717, 1.165) is 5.56 Å². The quantitative estimate of drug-likeness (QED) is 0.616. The van der Waals surface area contributed by atoms with Gasteiger partial charge in [-0.15, -0.1) is 0 Å². The van der Waals surface area contributed by atoms with E-state index in [1.54, 1.807) is 18.7 Å². The van der Waals surface area contributed by atoms with E-state index in [1.165, 1.54) is 0 Å². The van der Waals surface area contributed by atoms with Crippen LogP contribution in [-0.2, 0) is 4.74 Å². The summed E-state index contributed by atoms with van der Waals surface area (Å²) in [6.45, 7) is 0. The molecule has 1 aliphatic heterocycles. The molecule has 1 aromatic rings. The van der Waals surface area contributed by atoms with Crippen molar-refractivity contribution in [3.05, 3.63) is 48.4 Å². The fourth-order valence-electron chi connectivity index (χ4n) is 1.13. The van der Waals surface area contributed by atoms with Crippen molar-refractivity contribution in [2.24, 2.45) is 4.99 Å². The molecular weight excluding hydrogens is 150 g/mol. The summed E-state index contributed by atoms with van der Waals surface area (Å²) in [6.07, 6.45) is 5.02. The summed E-state index contributed by atoms with van der Waals surface area (Å²) in [5.74, 6) is 0. The molecule has 1 aliphatic rings. The molecule has 0 amide bonds. The van der Waals surface area contributed by atoms with Crippen LogP contribution in [0.2, 0.25) is 0 Å². The van der Waals surface area contributed by atoms with Gasteiger partial charge in [0.15, 0.2) is 6.10 Å². The lowest BCUT2D eigenvalue weighted by atomic mass is 10.1. The summed E-state index contributed by atoms with van der Waals surface area (Å²) in [5, 5.41) is 0. The predicted octanol–water partition coefficient (Wildman–Crippen LogP) is 2.30. The fraction of sp³-hybridized carbons (Fsp3) is 0.100. The Labute approximate surface area is 71.2 Å². The van der Waals surface area contributed by atoms with E-state index in [1.807, 2.05) is 30.3 Å². The first-order chi connectivity index (χ1) is 5.97. The molecule has 0 aromatic heterocycles. The van der Waals surface area contributed by atoms with Gasteiger partial charge in [0.25, 0.3) is 0 Å². The smallest absolute Gasteiger partial charge is 0.158 e. The summed E-state index contributed by atoms with van der Waals surface area (Å²) >= 11 is 0. The number of rotatable bonds is 1. The monoisotopic (exact) mass is 159 g/mol. The second-order valence-corrected chi connectivity index (χ2v) is 2.55. The molecule has 0 radical (unpaired) electrons. The van der Waals surface area contributed by atoms with Gasteiger partial charge in [0.05, 0.1) is 6.20 Å². The summed E-state index contributed by atoms with van der Waals surface area (Å²) in [5.41, 5.74) is 1.13. The Balaban J connectivity index is 2.21. The molecule has 0 saturated heterocycles. The first kappa shape index (κ1) is 7.10. The van der Waals surface area contributed by atoms with E-state index in [9.17, 15) is 0 Å². The molecule has 1 atom stereocenters. The van der Waals surface area contributed by atoms with Gasteiger partial charge < -0.3 is 4.74 Å². The highest BCUT2D eigenvalue weighted by Gasteiger charge is 2.08. The molecule has 0 spiro atoms. The molecule has 0 N–H and O–H groups in total. The number of benzene rings is 1. The van der Waals surface area contributed by atoms with Crippen LogP contribution in [0.3, 0.4) is 0 Å². The minimum Gasteiger partial charge on any atom is -0.486 e. The Morgan fingerprint density at radius 2 is 2.00 bits per heavy atom. The molecule has 60 valence electrons. The molecule has 12 heavy (non-hydrogen) atoms. The van der Waals surface area contributed by atoms with Gasteiger partial charge in [-0.2, -0.15) is 0 Å². The Morgan fingerprint density at radius 3 is 2.67 bits per heavy atom. The van der Waals surface area contributed by atoms with E-state index in [0.29, 0.717) is 0 Å². The maximum absolute atomic E-state index is 5.33. The van der Waals surface area contributed by atoms with Crippen LogP contribution in [-0.4, -0.2) is 6.21 Å². The Bertz CT molecular complexity index is 303. The summed E-state index contributed by atoms with van der Waals surface area (Å²) in [4.78, 5) is 4.00. The molecule has 2 rings (SSSR count). The van der Waals surface area contributed by atoms with Crippen LogP contribution in [0.25, 0.3) is 0 Å². The molecule has 1 unspecified atom stereocenters. The van der Waals surface area contributed by atoms with Gasteiger partial charge in [-0.1, -0.05) is 30.3 Å². The zero-order valence-electron chi connectivity index (χ0n) is 6.55. The van der Waals surface area contributed by atoms with Crippen LogP contribution in [0.4, 0.5) is 0 Å². The Hall–Kier alpha value is -1.57. The minimum atomic E-state index is -0.0174. The SMILES string of the molecule is C1=COC(c2ccccc2)C=N1. The van der Waals surface area contributed by atoms with Gasteiger partial charge in [0, 0.05) is 6.21 Å². The van der Waals surface area contributed by atoms with Crippen molar-refractivity contribution in [3.63, 3.8) is 0 Å². The first-order valence-corrected chi connectivity index (χ1v) is 3.85. The maximum atomic E-state index is 5.33. The van der Waals surface area contributed by atoms with E-state index in [2.05, 4.69) is 4.99 Å². The highest BCUT2D eigenvalue weighted by Crippen LogP contribution is 2.17. The van der Waals surface area contributed by atoms with Crippen LogP contribution in [0.15, 0.2) is 47.8 Å². The lowest BCUT2D eigenvalue weighted by Gasteiger charge is -2.13. The molecule has 0 aliphatic carbocycles. The molecular formula is C10H9NO. The minimum absolute atomic E-state index is 0.0174. The number of hydrogen-bond acceptors (Lipinski definition) is 2. The van der Waals surface area contributed by atoms with Crippen molar-refractivity contribution >= 4 is 6.21 Å². The maximum Gasteiger partial charge on any atom is 0.158 e. The average molecular weight is 159 g/mol. The van der Waals surface area contributed by atoms with Crippen molar-refractivity contribution in [1.82, 2.24) is 0 Å². The van der Waals surface area contributed by atoms with Crippen LogP contribution in [0.5, 0.6) is 0 Å². The van der Waals surface area contributed by atoms with Crippen molar-refractivity contribution in [3.8, 4) is 0 Å². The summed E-state index contributed by atoms with van der Waals surface area (Å²) in [7, 11) is 0. The van der Waals surface area contributed by atoms with Crippen molar-refractivity contribution in [1.29, 1.82) is 0 Å². The number of aliphatic imine (C=N–C) groups is 1. The normalized spacial score (nSPS) is 20.5. The van der Waals surface area contributed by atoms with Gasteiger partial charge in [-0.05, 0) is 5.56 Å². The predicted molar refractivity (Wildman–Crippen MR) is 47.9 cm³/mol. The van der Waals surface area contributed by atoms with Crippen molar-refractivity contribution in [2.75, 3.05) is 0 Å². The molecule has 2 nitrogen and oxygen atoms in total. The lowest BCUT2D eigenvalue weighted by Crippen LogP contribution is -2.03. The molecule has 0 saturated carbocycles. The molecule has 1 heterocycles. The number of ether oxygens (including phenoxy) is 1. The first-order valence-electron chi connectivity index (χ1n) is 3.85. The second-order valence-electron chi connectivity index (χ2n) is 2.55. The van der Waals surface area contributed by atoms with Crippen LogP contribution in [0.1, 0.15) is 11.7 Å². The molecule has 0 bridgehead atoms. The van der Waals surface area contributed by atoms with E-state index in [-0.39, 0.29) is 6.10 Å². The third-order valence-corrected chi connectivity index (χ3v) is 1.72. The average Bonchev–Trinajstić information content (AvgIpc) is 2.21. The zero-order chi connectivity index (χ0) is 8.23. The lowest BCUT2D eigenvalue weighted by molar-refractivity contribution is 0.206. The van der Waals surface area contributed by atoms with Gasteiger partial charge in [-0.3, -0.25) is 4.99 Å². The topological polar surface area (TPSA) is 21.6 Å². The largest absolute Gasteiger partial charge is 0.486 e. The molecule has 0 fully saturated rings. The Morgan fingerprint density at radius 1 is 1.17 bits per heavy atom. The standard InChI is InChI=1S/C10H9NO/c1-2-4-9(5-3-1)10-8-11-6-7-12-10/h1-8,10H. The summed E-state index contributed by atoms with van der Waals surface area (Å²) in [6, 6.07) is 10.0. The van der Waals surface area contributed by atoms with Gasteiger partial charge in [0.2, 0.25) is 0 Å². The van der Waals surface area contributed by atoms with Gasteiger partial charge in [0.1, 0.15) is 6.26 Å². The van der Waals surface area contributed by atoms with Gasteiger partial charge in [-0.25, -0.2) is 0 Å². The number of nitrogens with zero attached hydrogens (tertiary/aromatic N) is 1. The highest BCUT2D eigenvalue weighted by atomic mass is 16.5. The molecule has 2 heteroatoms. The van der Waals surface area contributed by atoms with Crippen LogP contribution >= 0.6 is 0 Å². The highest BCUT2D eigenvalue weighted by molar-refractivity contribution is 5.67. The van der Waals surface area contributed by atoms with Crippen LogP contribution in [0, 0.1) is 0 Å². The third kappa shape index (κ3) is 1.37. The van der Waals surface area contributed by atoms with Crippen LogP contribution < -0.4 is 0 Å². The zero-order valence-corrected chi connectivity index (χ0v) is 6.55.